The molecule has 0 unspecified atom stereocenters. The van der Waals surface area contributed by atoms with Gasteiger partial charge in [0.25, 0.3) is 0 Å². The third kappa shape index (κ3) is 15.4. The second kappa shape index (κ2) is 15.1. The Hall–Kier alpha value is 0.660. The molecule has 0 aliphatic heterocycles. The van der Waals surface area contributed by atoms with Crippen molar-refractivity contribution in [2.45, 2.75) is 52.4 Å². The Labute approximate surface area is 91.8 Å². The molecule has 0 heterocycles. The van der Waals surface area contributed by atoms with Gasteiger partial charge in [0.05, 0.1) is 0 Å². The van der Waals surface area contributed by atoms with Crippen LogP contribution in [0.3, 0.4) is 0 Å². The molecule has 0 rings (SSSR count). The van der Waals surface area contributed by atoms with Crippen molar-refractivity contribution in [1.29, 1.82) is 0 Å². The number of hydrogen-bond acceptors (Lipinski definition) is 3. The summed E-state index contributed by atoms with van der Waals surface area (Å²) in [5, 5.41) is 0. The SMILES string of the molecule is CCCCCSSCCCCC.N. The van der Waals surface area contributed by atoms with E-state index in [1.165, 1.54) is 50.0 Å². The largest absolute Gasteiger partial charge is 0.344 e. The van der Waals surface area contributed by atoms with E-state index >= 15 is 0 Å². The van der Waals surface area contributed by atoms with E-state index in [0.717, 1.165) is 0 Å². The van der Waals surface area contributed by atoms with E-state index in [1.54, 1.807) is 0 Å². The maximum atomic E-state index is 2.26. The van der Waals surface area contributed by atoms with Gasteiger partial charge >= 0.3 is 0 Å². The Morgan fingerprint density at radius 1 is 0.692 bits per heavy atom. The van der Waals surface area contributed by atoms with E-state index in [0.29, 0.717) is 0 Å². The Balaban J connectivity index is 0. The molecule has 0 bridgehead atoms. The molecule has 0 radical (unpaired) electrons. The lowest BCUT2D eigenvalue weighted by molar-refractivity contribution is 0.778. The van der Waals surface area contributed by atoms with Gasteiger partial charge in [-0.15, -0.1) is 0 Å². The molecule has 0 aliphatic carbocycles. The molecule has 0 spiro atoms. The summed E-state index contributed by atoms with van der Waals surface area (Å²) in [6.07, 6.45) is 8.32. The lowest BCUT2D eigenvalue weighted by atomic mass is 10.3. The van der Waals surface area contributed by atoms with Crippen molar-refractivity contribution in [3.05, 3.63) is 0 Å². The lowest BCUT2D eigenvalue weighted by Gasteiger charge is -1.99. The van der Waals surface area contributed by atoms with Crippen LogP contribution >= 0.6 is 21.6 Å². The molecule has 3 N–H and O–H groups in total. The minimum atomic E-state index is 0. The molecule has 0 aromatic rings. The first-order valence-electron chi connectivity index (χ1n) is 5.16. The summed E-state index contributed by atoms with van der Waals surface area (Å²) in [4.78, 5) is 0. The standard InChI is InChI=1S/C10H22S2.H3N/c1-3-5-7-9-11-12-10-8-6-4-2;/h3-10H2,1-2H3;1H3. The first kappa shape index (κ1) is 16.1. The van der Waals surface area contributed by atoms with Crippen molar-refractivity contribution in [3.63, 3.8) is 0 Å². The van der Waals surface area contributed by atoms with Gasteiger partial charge in [-0.05, 0) is 12.8 Å². The van der Waals surface area contributed by atoms with E-state index in [1.807, 2.05) is 0 Å². The fourth-order valence-electron chi connectivity index (χ4n) is 0.940. The highest BCUT2D eigenvalue weighted by Gasteiger charge is 1.90. The highest BCUT2D eigenvalue weighted by Crippen LogP contribution is 2.23. The Kier molecular flexibility index (Phi) is 18.8. The molecular weight excluding hydrogens is 198 g/mol. The van der Waals surface area contributed by atoms with Crippen molar-refractivity contribution in [3.8, 4) is 0 Å². The molecule has 0 amide bonds. The van der Waals surface area contributed by atoms with Crippen molar-refractivity contribution < 1.29 is 0 Å². The topological polar surface area (TPSA) is 35.0 Å². The van der Waals surface area contributed by atoms with Gasteiger partial charge in [-0.1, -0.05) is 61.1 Å². The summed E-state index contributed by atoms with van der Waals surface area (Å²) in [7, 11) is 4.12. The molecule has 0 saturated heterocycles. The van der Waals surface area contributed by atoms with Gasteiger partial charge in [-0.25, -0.2) is 0 Å². The molecule has 3 heteroatoms. The fraction of sp³-hybridized carbons (Fsp3) is 1.00. The highest BCUT2D eigenvalue weighted by molar-refractivity contribution is 8.76. The number of hydrogen-bond donors (Lipinski definition) is 1. The third-order valence-electron chi connectivity index (χ3n) is 1.75. The van der Waals surface area contributed by atoms with Crippen molar-refractivity contribution in [1.82, 2.24) is 6.15 Å². The summed E-state index contributed by atoms with van der Waals surface area (Å²) in [5.74, 6) is 2.70. The van der Waals surface area contributed by atoms with Crippen LogP contribution in [0.5, 0.6) is 0 Å². The van der Waals surface area contributed by atoms with Gasteiger partial charge in [0.15, 0.2) is 0 Å². The second-order valence-corrected chi connectivity index (χ2v) is 5.76. The molecule has 0 aliphatic rings. The van der Waals surface area contributed by atoms with E-state index in [2.05, 4.69) is 35.4 Å². The molecular formula is C10H25NS2. The van der Waals surface area contributed by atoms with Crippen LogP contribution in [0.1, 0.15) is 52.4 Å². The zero-order valence-corrected chi connectivity index (χ0v) is 10.8. The fourth-order valence-corrected chi connectivity index (χ4v) is 3.23. The Morgan fingerprint density at radius 2 is 1.08 bits per heavy atom. The van der Waals surface area contributed by atoms with E-state index in [-0.39, 0.29) is 6.15 Å². The highest BCUT2D eigenvalue weighted by atomic mass is 33.1. The van der Waals surface area contributed by atoms with Crippen LogP contribution in [-0.2, 0) is 0 Å². The van der Waals surface area contributed by atoms with Gasteiger partial charge in [0, 0.05) is 11.5 Å². The third-order valence-corrected chi connectivity index (χ3v) is 4.32. The zero-order valence-electron chi connectivity index (χ0n) is 9.18. The molecule has 13 heavy (non-hydrogen) atoms. The second-order valence-electron chi connectivity index (χ2n) is 3.06. The van der Waals surface area contributed by atoms with E-state index in [4.69, 9.17) is 0 Å². The molecule has 1 nitrogen and oxygen atoms in total. The average molecular weight is 223 g/mol. The minimum absolute atomic E-state index is 0. The minimum Gasteiger partial charge on any atom is -0.344 e. The predicted octanol–water partition coefficient (Wildman–Crippen LogP) is 4.91. The zero-order chi connectivity index (χ0) is 9.07. The molecule has 0 saturated carbocycles. The molecule has 0 aromatic carbocycles. The summed E-state index contributed by atoms with van der Waals surface area (Å²) < 4.78 is 0. The van der Waals surface area contributed by atoms with Gasteiger partial charge in [0.2, 0.25) is 0 Å². The maximum Gasteiger partial charge on any atom is 0.00369 e. The van der Waals surface area contributed by atoms with Gasteiger partial charge in [-0.2, -0.15) is 0 Å². The molecule has 0 aromatic heterocycles. The van der Waals surface area contributed by atoms with Gasteiger partial charge in [0.1, 0.15) is 0 Å². The lowest BCUT2D eigenvalue weighted by Crippen LogP contribution is -1.79. The van der Waals surface area contributed by atoms with Crippen molar-refractivity contribution in [2.24, 2.45) is 0 Å². The summed E-state index contributed by atoms with van der Waals surface area (Å²) in [5.41, 5.74) is 0. The van der Waals surface area contributed by atoms with E-state index < -0.39 is 0 Å². The monoisotopic (exact) mass is 223 g/mol. The van der Waals surface area contributed by atoms with Crippen molar-refractivity contribution >= 4 is 21.6 Å². The average Bonchev–Trinajstić information content (AvgIpc) is 2.10. The normalized spacial score (nSPS) is 9.69. The van der Waals surface area contributed by atoms with Crippen LogP contribution in [-0.4, -0.2) is 11.5 Å². The molecule has 0 atom stereocenters. The van der Waals surface area contributed by atoms with Crippen LogP contribution in [0.15, 0.2) is 0 Å². The van der Waals surface area contributed by atoms with Crippen molar-refractivity contribution in [2.75, 3.05) is 11.5 Å². The van der Waals surface area contributed by atoms with Gasteiger partial charge in [-0.3, -0.25) is 0 Å². The molecule has 0 fully saturated rings. The maximum absolute atomic E-state index is 2.26. The Bertz CT molecular complexity index is 69.3. The van der Waals surface area contributed by atoms with Gasteiger partial charge < -0.3 is 6.15 Å². The smallest absolute Gasteiger partial charge is 0.00369 e. The number of rotatable bonds is 9. The van der Waals surface area contributed by atoms with Crippen LogP contribution < -0.4 is 6.15 Å². The van der Waals surface area contributed by atoms with Crippen LogP contribution in [0.4, 0.5) is 0 Å². The van der Waals surface area contributed by atoms with Crippen LogP contribution in [0.2, 0.25) is 0 Å². The first-order valence-corrected chi connectivity index (χ1v) is 7.65. The van der Waals surface area contributed by atoms with Crippen LogP contribution in [0, 0.1) is 0 Å². The van der Waals surface area contributed by atoms with E-state index in [9.17, 15) is 0 Å². The predicted molar refractivity (Wildman–Crippen MR) is 69.0 cm³/mol. The summed E-state index contributed by atoms with van der Waals surface area (Å²) in [6, 6.07) is 0. The first-order chi connectivity index (χ1) is 5.91. The summed E-state index contributed by atoms with van der Waals surface area (Å²) >= 11 is 0. The quantitative estimate of drug-likeness (QED) is 0.445. The Morgan fingerprint density at radius 3 is 1.38 bits per heavy atom. The summed E-state index contributed by atoms with van der Waals surface area (Å²) in [6.45, 7) is 4.53. The number of unbranched alkanes of at least 4 members (excludes halogenated alkanes) is 4. The molecule has 82 valence electrons. The van der Waals surface area contributed by atoms with Crippen LogP contribution in [0.25, 0.3) is 0 Å².